The lowest BCUT2D eigenvalue weighted by molar-refractivity contribution is -0.0835. The van der Waals surface area contributed by atoms with Gasteiger partial charge in [0.05, 0.1) is 0 Å². The highest BCUT2D eigenvalue weighted by Crippen LogP contribution is 2.48. The van der Waals surface area contributed by atoms with Crippen LogP contribution < -0.4 is 10.1 Å². The number of ether oxygens (including phenoxy) is 1. The van der Waals surface area contributed by atoms with E-state index in [1.165, 1.54) is 0 Å². The van der Waals surface area contributed by atoms with Crippen LogP contribution in [0.5, 0.6) is 5.75 Å². The second-order valence-corrected chi connectivity index (χ2v) is 5.51. The molecule has 100 valence electrons. The zero-order chi connectivity index (χ0) is 13.2. The SMILES string of the molecule is CCC1(CC)C(NC)CC1Oc1ccc(Cl)cc1. The van der Waals surface area contributed by atoms with E-state index in [0.29, 0.717) is 12.1 Å². The average molecular weight is 268 g/mol. The lowest BCUT2D eigenvalue weighted by Crippen LogP contribution is -2.63. The molecular weight excluding hydrogens is 246 g/mol. The first-order valence-corrected chi connectivity index (χ1v) is 7.13. The third kappa shape index (κ3) is 2.24. The molecule has 0 amide bonds. The van der Waals surface area contributed by atoms with E-state index >= 15 is 0 Å². The van der Waals surface area contributed by atoms with Crippen molar-refractivity contribution in [1.29, 1.82) is 0 Å². The molecule has 1 aromatic rings. The number of nitrogens with one attached hydrogen (secondary N) is 1. The van der Waals surface area contributed by atoms with Gasteiger partial charge in [-0.15, -0.1) is 0 Å². The Morgan fingerprint density at radius 1 is 1.28 bits per heavy atom. The maximum absolute atomic E-state index is 6.14. The van der Waals surface area contributed by atoms with Gasteiger partial charge in [-0.1, -0.05) is 25.4 Å². The van der Waals surface area contributed by atoms with E-state index in [1.54, 1.807) is 0 Å². The summed E-state index contributed by atoms with van der Waals surface area (Å²) in [4.78, 5) is 0. The van der Waals surface area contributed by atoms with E-state index in [9.17, 15) is 0 Å². The number of halogens is 1. The normalized spacial score (nSPS) is 25.6. The lowest BCUT2D eigenvalue weighted by Gasteiger charge is -2.55. The summed E-state index contributed by atoms with van der Waals surface area (Å²) in [6.45, 7) is 4.51. The topological polar surface area (TPSA) is 21.3 Å². The number of hydrogen-bond donors (Lipinski definition) is 1. The molecule has 2 rings (SSSR count). The predicted molar refractivity (Wildman–Crippen MR) is 76.3 cm³/mol. The Morgan fingerprint density at radius 2 is 1.89 bits per heavy atom. The molecule has 3 heteroatoms. The first-order chi connectivity index (χ1) is 8.66. The minimum atomic E-state index is 0.272. The molecule has 0 bridgehead atoms. The van der Waals surface area contributed by atoms with Crippen molar-refractivity contribution in [2.45, 2.75) is 45.3 Å². The van der Waals surface area contributed by atoms with Crippen LogP contribution in [0.2, 0.25) is 5.02 Å². The summed E-state index contributed by atoms with van der Waals surface area (Å²) in [5.41, 5.74) is 0.272. The molecule has 1 aliphatic rings. The Labute approximate surface area is 115 Å². The van der Waals surface area contributed by atoms with Crippen LogP contribution in [0.15, 0.2) is 24.3 Å². The minimum Gasteiger partial charge on any atom is -0.490 e. The van der Waals surface area contributed by atoms with Gasteiger partial charge in [-0.2, -0.15) is 0 Å². The van der Waals surface area contributed by atoms with E-state index in [2.05, 4.69) is 19.2 Å². The van der Waals surface area contributed by atoms with Crippen LogP contribution in [0.25, 0.3) is 0 Å². The van der Waals surface area contributed by atoms with Gasteiger partial charge in [0.15, 0.2) is 0 Å². The summed E-state index contributed by atoms with van der Waals surface area (Å²) >= 11 is 5.89. The Hall–Kier alpha value is -0.730. The monoisotopic (exact) mass is 267 g/mol. The Morgan fingerprint density at radius 3 is 2.39 bits per heavy atom. The van der Waals surface area contributed by atoms with Crippen LogP contribution in [-0.2, 0) is 0 Å². The highest BCUT2D eigenvalue weighted by molar-refractivity contribution is 6.30. The van der Waals surface area contributed by atoms with Crippen molar-refractivity contribution < 1.29 is 4.74 Å². The fourth-order valence-electron chi connectivity index (χ4n) is 3.19. The molecule has 1 N–H and O–H groups in total. The van der Waals surface area contributed by atoms with Gasteiger partial charge in [0.1, 0.15) is 11.9 Å². The molecule has 0 aromatic heterocycles. The summed E-state index contributed by atoms with van der Waals surface area (Å²) in [5.74, 6) is 0.922. The van der Waals surface area contributed by atoms with Gasteiger partial charge < -0.3 is 10.1 Å². The summed E-state index contributed by atoms with van der Waals surface area (Å²) in [6.07, 6.45) is 3.69. The third-order valence-corrected chi connectivity index (χ3v) is 4.79. The van der Waals surface area contributed by atoms with E-state index in [4.69, 9.17) is 16.3 Å². The molecule has 0 radical (unpaired) electrons. The maximum Gasteiger partial charge on any atom is 0.119 e. The standard InChI is InChI=1S/C15H22ClNO/c1-4-15(5-2)13(17-3)10-14(15)18-12-8-6-11(16)7-9-12/h6-9,13-14,17H,4-5,10H2,1-3H3. The minimum absolute atomic E-state index is 0.272. The van der Waals surface area contributed by atoms with Crippen molar-refractivity contribution in [3.05, 3.63) is 29.3 Å². The van der Waals surface area contributed by atoms with Crippen molar-refractivity contribution in [3.63, 3.8) is 0 Å². The highest BCUT2D eigenvalue weighted by Gasteiger charge is 2.53. The fourth-order valence-corrected chi connectivity index (χ4v) is 3.32. The van der Waals surface area contributed by atoms with E-state index in [-0.39, 0.29) is 5.41 Å². The third-order valence-electron chi connectivity index (χ3n) is 4.54. The lowest BCUT2D eigenvalue weighted by atomic mass is 9.58. The van der Waals surface area contributed by atoms with Crippen molar-refractivity contribution in [2.75, 3.05) is 7.05 Å². The van der Waals surface area contributed by atoms with Crippen LogP contribution in [0.3, 0.4) is 0 Å². The summed E-state index contributed by atoms with van der Waals surface area (Å²) in [7, 11) is 2.04. The quantitative estimate of drug-likeness (QED) is 0.874. The molecule has 2 nitrogen and oxygen atoms in total. The molecule has 0 aliphatic heterocycles. The van der Waals surface area contributed by atoms with Gasteiger partial charge in [-0.3, -0.25) is 0 Å². The molecule has 0 heterocycles. The van der Waals surface area contributed by atoms with E-state index < -0.39 is 0 Å². The Bertz CT molecular complexity index is 386. The van der Waals surface area contributed by atoms with E-state index in [1.807, 2.05) is 31.3 Å². The average Bonchev–Trinajstić information content (AvgIpc) is 2.38. The number of hydrogen-bond acceptors (Lipinski definition) is 2. The first-order valence-electron chi connectivity index (χ1n) is 6.75. The van der Waals surface area contributed by atoms with Gasteiger partial charge in [-0.05, 0) is 44.2 Å². The molecule has 0 spiro atoms. The molecule has 1 saturated carbocycles. The smallest absolute Gasteiger partial charge is 0.119 e. The first kappa shape index (κ1) is 13.7. The second kappa shape index (κ2) is 5.50. The van der Waals surface area contributed by atoms with Crippen LogP contribution in [0, 0.1) is 5.41 Å². The summed E-state index contributed by atoms with van der Waals surface area (Å²) < 4.78 is 6.14. The molecule has 0 saturated heterocycles. The van der Waals surface area contributed by atoms with Crippen LogP contribution >= 0.6 is 11.6 Å². The van der Waals surface area contributed by atoms with Crippen LogP contribution in [0.1, 0.15) is 33.1 Å². The molecule has 1 aromatic carbocycles. The number of benzene rings is 1. The highest BCUT2D eigenvalue weighted by atomic mass is 35.5. The van der Waals surface area contributed by atoms with Crippen LogP contribution in [-0.4, -0.2) is 19.2 Å². The van der Waals surface area contributed by atoms with Crippen molar-refractivity contribution >= 4 is 11.6 Å². The van der Waals surface area contributed by atoms with Gasteiger partial charge in [0.2, 0.25) is 0 Å². The zero-order valence-corrected chi connectivity index (χ0v) is 12.1. The van der Waals surface area contributed by atoms with Crippen molar-refractivity contribution in [1.82, 2.24) is 5.32 Å². The van der Waals surface area contributed by atoms with Crippen LogP contribution in [0.4, 0.5) is 0 Å². The fraction of sp³-hybridized carbons (Fsp3) is 0.600. The largest absolute Gasteiger partial charge is 0.490 e. The molecule has 18 heavy (non-hydrogen) atoms. The summed E-state index contributed by atoms with van der Waals surface area (Å²) in [6, 6.07) is 8.23. The van der Waals surface area contributed by atoms with Gasteiger partial charge in [-0.25, -0.2) is 0 Å². The van der Waals surface area contributed by atoms with Gasteiger partial charge in [0.25, 0.3) is 0 Å². The van der Waals surface area contributed by atoms with Crippen molar-refractivity contribution in [2.24, 2.45) is 5.41 Å². The molecule has 1 fully saturated rings. The molecule has 2 unspecified atom stereocenters. The van der Waals surface area contributed by atoms with E-state index in [0.717, 1.165) is 30.0 Å². The second-order valence-electron chi connectivity index (χ2n) is 5.08. The molecular formula is C15H22ClNO. The number of rotatable bonds is 5. The summed E-state index contributed by atoms with van der Waals surface area (Å²) in [5, 5.41) is 4.17. The van der Waals surface area contributed by atoms with Crippen molar-refractivity contribution in [3.8, 4) is 5.75 Å². The predicted octanol–water partition coefficient (Wildman–Crippen LogP) is 3.89. The zero-order valence-electron chi connectivity index (χ0n) is 11.4. The molecule has 1 aliphatic carbocycles. The molecule has 2 atom stereocenters. The van der Waals surface area contributed by atoms with Gasteiger partial charge >= 0.3 is 0 Å². The Kier molecular flexibility index (Phi) is 4.18. The van der Waals surface area contributed by atoms with Gasteiger partial charge in [0, 0.05) is 22.9 Å². The maximum atomic E-state index is 6.14. The Balaban J connectivity index is 2.08.